The lowest BCUT2D eigenvalue weighted by molar-refractivity contribution is -0.116. The maximum Gasteiger partial charge on any atom is 0.410 e. The van der Waals surface area contributed by atoms with Gasteiger partial charge in [0.05, 0.1) is 0 Å². The Kier molecular flexibility index (Phi) is 16.9. The summed E-state index contributed by atoms with van der Waals surface area (Å²) in [4.78, 5) is 63.8. The summed E-state index contributed by atoms with van der Waals surface area (Å²) in [6.45, 7) is 17.1. The number of amides is 3. The van der Waals surface area contributed by atoms with Gasteiger partial charge in [0.15, 0.2) is 16.9 Å². The SMILES string of the molecule is CCCN(CCC)C(=O)OC(C)(C)C.Cc1ccc2ccc(N)nc2n1.Cc1ccc2ccc(NC(=O)CCCCCC(=O)Nc3ccc4ccc(C)nc4n3)nc2n1. The number of ether oxygens (including phenoxy) is 1. The van der Waals surface area contributed by atoms with Crippen molar-refractivity contribution in [2.45, 2.75) is 106 Å². The maximum atomic E-state index is 12.2. The number of aryl methyl sites for hydroxylation is 3. The van der Waals surface area contributed by atoms with E-state index in [1.165, 1.54) is 0 Å². The van der Waals surface area contributed by atoms with Gasteiger partial charge in [-0.3, -0.25) is 9.59 Å². The summed E-state index contributed by atoms with van der Waals surface area (Å²) in [5.41, 5.74) is 9.80. The van der Waals surface area contributed by atoms with Gasteiger partial charge in [-0.15, -0.1) is 0 Å². The van der Waals surface area contributed by atoms with Gasteiger partial charge in [0.1, 0.15) is 23.1 Å². The third kappa shape index (κ3) is 15.5. The normalized spacial score (nSPS) is 10.9. The van der Waals surface area contributed by atoms with Crippen molar-refractivity contribution in [2.75, 3.05) is 29.5 Å². The number of nitrogen functional groups attached to an aromatic ring is 1. The minimum atomic E-state index is -0.392. The molecular formula is C45H58N10O4. The molecule has 0 radical (unpaired) electrons. The number of nitrogens with one attached hydrogen (secondary N) is 2. The van der Waals surface area contributed by atoms with Gasteiger partial charge >= 0.3 is 6.09 Å². The van der Waals surface area contributed by atoms with Crippen LogP contribution in [0.3, 0.4) is 0 Å². The Morgan fingerprint density at radius 3 is 1.37 bits per heavy atom. The highest BCUT2D eigenvalue weighted by Crippen LogP contribution is 2.17. The third-order valence-electron chi connectivity index (χ3n) is 8.58. The van der Waals surface area contributed by atoms with Crippen molar-refractivity contribution in [3.05, 3.63) is 89.9 Å². The summed E-state index contributed by atoms with van der Waals surface area (Å²) < 4.78 is 5.29. The van der Waals surface area contributed by atoms with Crippen LogP contribution < -0.4 is 16.4 Å². The van der Waals surface area contributed by atoms with Gasteiger partial charge in [-0.25, -0.2) is 34.7 Å². The Bertz CT molecular complexity index is 2200. The summed E-state index contributed by atoms with van der Waals surface area (Å²) in [5.74, 6) is 1.32. The topological polar surface area (TPSA) is 191 Å². The van der Waals surface area contributed by atoms with E-state index in [0.29, 0.717) is 54.4 Å². The average Bonchev–Trinajstić information content (AvgIpc) is 3.17. The Morgan fingerprint density at radius 1 is 0.576 bits per heavy atom. The Labute approximate surface area is 346 Å². The summed E-state index contributed by atoms with van der Waals surface area (Å²) in [6, 6.07) is 22.8. The van der Waals surface area contributed by atoms with E-state index in [2.05, 4.69) is 54.4 Å². The number of carbonyl (C=O) groups excluding carboxylic acids is 3. The zero-order chi connectivity index (χ0) is 43.0. The fraction of sp³-hybridized carbons (Fsp3) is 0.400. The molecule has 6 aromatic rings. The highest BCUT2D eigenvalue weighted by molar-refractivity contribution is 5.92. The second-order valence-corrected chi connectivity index (χ2v) is 15.3. The van der Waals surface area contributed by atoms with Crippen LogP contribution in [0.4, 0.5) is 22.2 Å². The van der Waals surface area contributed by atoms with Crippen LogP contribution in [0.1, 0.15) is 96.6 Å². The molecule has 0 aliphatic heterocycles. The van der Waals surface area contributed by atoms with E-state index in [0.717, 1.165) is 71.2 Å². The smallest absolute Gasteiger partial charge is 0.410 e. The van der Waals surface area contributed by atoms with E-state index in [1.807, 2.05) is 96.1 Å². The maximum absolute atomic E-state index is 12.2. The highest BCUT2D eigenvalue weighted by Gasteiger charge is 2.20. The molecule has 14 heteroatoms. The zero-order valence-electron chi connectivity index (χ0n) is 35.6. The third-order valence-corrected chi connectivity index (χ3v) is 8.58. The van der Waals surface area contributed by atoms with E-state index in [1.54, 1.807) is 23.1 Å². The van der Waals surface area contributed by atoms with Crippen molar-refractivity contribution in [1.29, 1.82) is 0 Å². The Morgan fingerprint density at radius 2 is 0.966 bits per heavy atom. The van der Waals surface area contributed by atoms with Crippen LogP contribution >= 0.6 is 0 Å². The van der Waals surface area contributed by atoms with Gasteiger partial charge < -0.3 is 26.0 Å². The van der Waals surface area contributed by atoms with Crippen molar-refractivity contribution >= 4 is 68.5 Å². The summed E-state index contributed by atoms with van der Waals surface area (Å²) in [6.07, 6.45) is 4.67. The zero-order valence-corrected chi connectivity index (χ0v) is 35.6. The number of rotatable bonds is 12. The van der Waals surface area contributed by atoms with Crippen LogP contribution in [-0.4, -0.2) is 71.4 Å². The first kappa shape index (κ1) is 45.4. The number of nitrogens with zero attached hydrogens (tertiary/aromatic N) is 7. The number of hydrogen-bond donors (Lipinski definition) is 3. The Hall–Kier alpha value is -6.31. The molecule has 0 fully saturated rings. The Balaban J connectivity index is 0.000000242. The fourth-order valence-electron chi connectivity index (χ4n) is 5.75. The van der Waals surface area contributed by atoms with Crippen LogP contribution in [0.5, 0.6) is 0 Å². The molecule has 0 saturated carbocycles. The van der Waals surface area contributed by atoms with Crippen molar-refractivity contribution < 1.29 is 19.1 Å². The lowest BCUT2D eigenvalue weighted by atomic mass is 10.1. The predicted octanol–water partition coefficient (Wildman–Crippen LogP) is 9.28. The molecule has 0 aromatic carbocycles. The minimum absolute atomic E-state index is 0.0953. The van der Waals surface area contributed by atoms with Gasteiger partial charge in [-0.2, -0.15) is 0 Å². The lowest BCUT2D eigenvalue weighted by Gasteiger charge is -2.26. The molecule has 0 atom stereocenters. The second-order valence-electron chi connectivity index (χ2n) is 15.3. The molecule has 0 unspecified atom stereocenters. The van der Waals surface area contributed by atoms with Gasteiger partial charge in [0.2, 0.25) is 11.8 Å². The first-order chi connectivity index (χ1) is 28.1. The van der Waals surface area contributed by atoms with Crippen LogP contribution in [0.15, 0.2) is 72.8 Å². The lowest BCUT2D eigenvalue weighted by Crippen LogP contribution is -2.37. The van der Waals surface area contributed by atoms with Crippen LogP contribution in [0.25, 0.3) is 33.1 Å². The van der Waals surface area contributed by atoms with Crippen molar-refractivity contribution in [3.8, 4) is 0 Å². The predicted molar refractivity (Wildman–Crippen MR) is 236 cm³/mol. The van der Waals surface area contributed by atoms with E-state index in [-0.39, 0.29) is 17.9 Å². The quantitative estimate of drug-likeness (QED) is 0.1000. The standard InChI is InChI=1S/C25H26N6O2.C11H23NO2.C9H9N3/c1-16-8-10-18-12-14-20(30-24(18)26-16)28-22(32)6-4-3-5-7-23(33)29-21-15-13-19-11-9-17(2)27-25(19)31-21;1-6-8-12(9-7-2)10(13)14-11(3,4)5;1-6-2-3-7-4-5-8(10)12-9(7)11-6/h8-15H,3-7H2,1-2H3,(H,26,28,30,32)(H,27,29,31,33);6-9H2,1-5H3;2-5H,1H3,(H2,10,11,12). The first-order valence-electron chi connectivity index (χ1n) is 20.2. The monoisotopic (exact) mass is 802 g/mol. The second kappa shape index (κ2) is 22.0. The number of nitrogens with two attached hydrogens (primary N) is 1. The van der Waals surface area contributed by atoms with Crippen molar-refractivity contribution in [3.63, 3.8) is 0 Å². The molecule has 312 valence electrons. The number of carbonyl (C=O) groups is 3. The molecule has 0 saturated heterocycles. The minimum Gasteiger partial charge on any atom is -0.444 e. The molecule has 6 rings (SSSR count). The van der Waals surface area contributed by atoms with Gasteiger partial charge in [-0.1, -0.05) is 20.3 Å². The van der Waals surface area contributed by atoms with E-state index >= 15 is 0 Å². The number of pyridine rings is 6. The van der Waals surface area contributed by atoms with Crippen LogP contribution in [0.2, 0.25) is 0 Å². The molecule has 0 spiro atoms. The van der Waals surface area contributed by atoms with E-state index < -0.39 is 5.60 Å². The molecule has 3 amide bonds. The van der Waals surface area contributed by atoms with Crippen LogP contribution in [0, 0.1) is 20.8 Å². The van der Waals surface area contributed by atoms with E-state index in [4.69, 9.17) is 10.5 Å². The molecule has 14 nitrogen and oxygen atoms in total. The molecule has 4 N–H and O–H groups in total. The molecule has 0 aliphatic carbocycles. The molecule has 6 aromatic heterocycles. The average molecular weight is 803 g/mol. The summed E-state index contributed by atoms with van der Waals surface area (Å²) >= 11 is 0. The highest BCUT2D eigenvalue weighted by atomic mass is 16.6. The molecule has 6 heterocycles. The molecule has 0 aliphatic rings. The summed E-state index contributed by atoms with van der Waals surface area (Å²) in [5, 5.41) is 8.53. The van der Waals surface area contributed by atoms with Crippen LogP contribution in [-0.2, 0) is 14.3 Å². The van der Waals surface area contributed by atoms with Crippen molar-refractivity contribution in [2.24, 2.45) is 0 Å². The molecule has 0 bridgehead atoms. The summed E-state index contributed by atoms with van der Waals surface area (Å²) in [7, 11) is 0. The van der Waals surface area contributed by atoms with Gasteiger partial charge in [0, 0.05) is 59.2 Å². The van der Waals surface area contributed by atoms with E-state index in [9.17, 15) is 14.4 Å². The number of unbranched alkanes of at least 4 members (excludes halogenated alkanes) is 2. The molecular weight excluding hydrogens is 745 g/mol. The fourth-order valence-corrected chi connectivity index (χ4v) is 5.75. The number of fused-ring (bicyclic) bond motifs is 3. The van der Waals surface area contributed by atoms with Gasteiger partial charge in [0.25, 0.3) is 0 Å². The number of anilines is 3. The number of aromatic nitrogens is 6. The van der Waals surface area contributed by atoms with Gasteiger partial charge in [-0.05, 0) is 140 Å². The first-order valence-corrected chi connectivity index (χ1v) is 20.2. The number of hydrogen-bond acceptors (Lipinski definition) is 11. The molecule has 59 heavy (non-hydrogen) atoms. The largest absolute Gasteiger partial charge is 0.444 e. The van der Waals surface area contributed by atoms with Crippen molar-refractivity contribution in [1.82, 2.24) is 34.8 Å².